The average molecular weight is 417 g/mol. The second kappa shape index (κ2) is 8.73. The fourth-order valence-electron chi connectivity index (χ4n) is 3.00. The fraction of sp³-hybridized carbons (Fsp3) is 0.300. The van der Waals surface area contributed by atoms with E-state index in [0.29, 0.717) is 11.4 Å². The van der Waals surface area contributed by atoms with Gasteiger partial charge in [-0.3, -0.25) is 9.63 Å². The van der Waals surface area contributed by atoms with Gasteiger partial charge in [0.05, 0.1) is 29.1 Å². The summed E-state index contributed by atoms with van der Waals surface area (Å²) in [5, 5.41) is 3.02. The number of benzene rings is 2. The Bertz CT molecular complexity index is 1060. The van der Waals surface area contributed by atoms with Crippen molar-refractivity contribution in [3.63, 3.8) is 0 Å². The second-order valence-corrected chi connectivity index (χ2v) is 8.44. The van der Waals surface area contributed by atoms with Gasteiger partial charge in [-0.05, 0) is 42.3 Å². The Morgan fingerprint density at radius 2 is 1.86 bits per heavy atom. The number of fused-ring (bicyclic) bond motifs is 1. The van der Waals surface area contributed by atoms with Crippen molar-refractivity contribution in [2.45, 2.75) is 31.2 Å². The van der Waals surface area contributed by atoms with Crippen LogP contribution in [0.25, 0.3) is 11.0 Å². The standard InChI is InChI=1S/C20H24N4O4S/c1-4-13(2)18(19-21-16-7-5-6-8-17(16)22-19)23-20(25)14-9-11-15(12-10-14)29(26,27)24-28-3/h5-13,18,24H,4H2,1-3H3,(H,21,22)(H,23,25). The third-order valence-corrected chi connectivity index (χ3v) is 6.10. The smallest absolute Gasteiger partial charge is 0.262 e. The molecule has 0 radical (unpaired) electrons. The number of hydrogen-bond acceptors (Lipinski definition) is 5. The van der Waals surface area contributed by atoms with Gasteiger partial charge in [0.2, 0.25) is 0 Å². The molecule has 8 nitrogen and oxygen atoms in total. The molecular weight excluding hydrogens is 392 g/mol. The Labute approximate surface area is 169 Å². The van der Waals surface area contributed by atoms with Crippen LogP contribution in [-0.2, 0) is 14.9 Å². The minimum absolute atomic E-state index is 0.00617. The summed E-state index contributed by atoms with van der Waals surface area (Å²) in [6.07, 6.45) is 0.849. The van der Waals surface area contributed by atoms with Gasteiger partial charge in [-0.25, -0.2) is 13.4 Å². The van der Waals surface area contributed by atoms with Crippen LogP contribution in [0, 0.1) is 5.92 Å². The number of aromatic nitrogens is 2. The van der Waals surface area contributed by atoms with Crippen molar-refractivity contribution < 1.29 is 18.0 Å². The number of aromatic amines is 1. The number of imidazole rings is 1. The van der Waals surface area contributed by atoms with Crippen LogP contribution >= 0.6 is 0 Å². The minimum atomic E-state index is -3.77. The van der Waals surface area contributed by atoms with Gasteiger partial charge in [0.15, 0.2) is 0 Å². The zero-order chi connectivity index (χ0) is 21.0. The third-order valence-electron chi connectivity index (χ3n) is 4.82. The highest BCUT2D eigenvalue weighted by Gasteiger charge is 2.24. The largest absolute Gasteiger partial charge is 0.342 e. The Kier molecular flexibility index (Phi) is 6.31. The highest BCUT2D eigenvalue weighted by molar-refractivity contribution is 7.89. The van der Waals surface area contributed by atoms with E-state index >= 15 is 0 Å². The Morgan fingerprint density at radius 3 is 2.48 bits per heavy atom. The monoisotopic (exact) mass is 416 g/mol. The molecular formula is C20H24N4O4S. The van der Waals surface area contributed by atoms with Crippen molar-refractivity contribution in [1.29, 1.82) is 0 Å². The number of amides is 1. The van der Waals surface area contributed by atoms with Crippen molar-refractivity contribution in [2.75, 3.05) is 7.11 Å². The summed E-state index contributed by atoms with van der Waals surface area (Å²) < 4.78 is 23.9. The number of nitrogens with one attached hydrogen (secondary N) is 3. The van der Waals surface area contributed by atoms with Crippen LogP contribution < -0.4 is 10.2 Å². The van der Waals surface area contributed by atoms with Crippen LogP contribution in [0.2, 0.25) is 0 Å². The first-order valence-corrected chi connectivity index (χ1v) is 10.7. The maximum absolute atomic E-state index is 12.8. The van der Waals surface area contributed by atoms with Crippen LogP contribution in [-0.4, -0.2) is 31.4 Å². The number of hydrogen-bond donors (Lipinski definition) is 3. The quantitative estimate of drug-likeness (QED) is 0.489. The van der Waals surface area contributed by atoms with Crippen molar-refractivity contribution in [1.82, 2.24) is 20.2 Å². The second-order valence-electron chi connectivity index (χ2n) is 6.79. The lowest BCUT2D eigenvalue weighted by Crippen LogP contribution is -2.33. The van der Waals surface area contributed by atoms with Gasteiger partial charge >= 0.3 is 0 Å². The molecule has 0 bridgehead atoms. The summed E-state index contributed by atoms with van der Waals surface area (Å²) in [7, 11) is -2.56. The Hall–Kier alpha value is -2.75. The first kappa shape index (κ1) is 21.0. The summed E-state index contributed by atoms with van der Waals surface area (Å²) >= 11 is 0. The lowest BCUT2D eigenvalue weighted by atomic mass is 9.98. The molecule has 9 heteroatoms. The van der Waals surface area contributed by atoms with Crippen molar-refractivity contribution >= 4 is 27.0 Å². The highest BCUT2D eigenvalue weighted by atomic mass is 32.2. The van der Waals surface area contributed by atoms with E-state index in [0.717, 1.165) is 17.5 Å². The predicted octanol–water partition coefficient (Wildman–Crippen LogP) is 2.92. The predicted molar refractivity (Wildman–Crippen MR) is 110 cm³/mol. The van der Waals surface area contributed by atoms with Crippen LogP contribution in [0.1, 0.15) is 42.5 Å². The molecule has 154 valence electrons. The summed E-state index contributed by atoms with van der Waals surface area (Å²) in [5.41, 5.74) is 2.10. The van der Waals surface area contributed by atoms with Gasteiger partial charge in [-0.1, -0.05) is 37.3 Å². The molecule has 0 spiro atoms. The molecule has 3 aromatic rings. The molecule has 0 fully saturated rings. The van der Waals surface area contributed by atoms with E-state index in [1.54, 1.807) is 0 Å². The van der Waals surface area contributed by atoms with E-state index in [-0.39, 0.29) is 22.8 Å². The number of carbonyl (C=O) groups excluding carboxylic acids is 1. The molecule has 3 rings (SSSR count). The molecule has 2 unspecified atom stereocenters. The lowest BCUT2D eigenvalue weighted by molar-refractivity contribution is 0.0920. The molecule has 1 heterocycles. The van der Waals surface area contributed by atoms with Gasteiger partial charge in [-0.2, -0.15) is 0 Å². The summed E-state index contributed by atoms with van der Waals surface area (Å²) in [6, 6.07) is 13.0. The zero-order valence-corrected chi connectivity index (χ0v) is 17.3. The van der Waals surface area contributed by atoms with E-state index in [2.05, 4.69) is 27.0 Å². The number of nitrogens with zero attached hydrogens (tertiary/aromatic N) is 1. The van der Waals surface area contributed by atoms with Crippen LogP contribution in [0.4, 0.5) is 0 Å². The maximum Gasteiger partial charge on any atom is 0.262 e. The summed E-state index contributed by atoms with van der Waals surface area (Å²) in [6.45, 7) is 4.10. The molecule has 2 aromatic carbocycles. The van der Waals surface area contributed by atoms with Crippen molar-refractivity contribution in [2.24, 2.45) is 5.92 Å². The summed E-state index contributed by atoms with van der Waals surface area (Å²) in [4.78, 5) is 27.1. The van der Waals surface area contributed by atoms with E-state index < -0.39 is 10.0 Å². The summed E-state index contributed by atoms with van der Waals surface area (Å²) in [5.74, 6) is 0.530. The molecule has 0 aliphatic carbocycles. The molecule has 0 saturated heterocycles. The minimum Gasteiger partial charge on any atom is -0.342 e. The van der Waals surface area contributed by atoms with Crippen LogP contribution in [0.3, 0.4) is 0 Å². The van der Waals surface area contributed by atoms with E-state index in [1.807, 2.05) is 36.1 Å². The molecule has 29 heavy (non-hydrogen) atoms. The average Bonchev–Trinajstić information content (AvgIpc) is 3.15. The molecule has 0 aliphatic rings. The molecule has 2 atom stereocenters. The van der Waals surface area contributed by atoms with Gasteiger partial charge in [-0.15, -0.1) is 0 Å². The van der Waals surface area contributed by atoms with Gasteiger partial charge < -0.3 is 10.3 Å². The van der Waals surface area contributed by atoms with Gasteiger partial charge in [0, 0.05) is 5.56 Å². The number of rotatable bonds is 8. The van der Waals surface area contributed by atoms with Gasteiger partial charge in [0.25, 0.3) is 15.9 Å². The van der Waals surface area contributed by atoms with Crippen molar-refractivity contribution in [3.8, 4) is 0 Å². The zero-order valence-electron chi connectivity index (χ0n) is 16.5. The van der Waals surface area contributed by atoms with Crippen LogP contribution in [0.5, 0.6) is 0 Å². The molecule has 0 saturated carbocycles. The fourth-order valence-corrected chi connectivity index (χ4v) is 3.81. The van der Waals surface area contributed by atoms with E-state index in [4.69, 9.17) is 0 Å². The van der Waals surface area contributed by atoms with Gasteiger partial charge in [0.1, 0.15) is 5.82 Å². The number of para-hydroxylation sites is 2. The van der Waals surface area contributed by atoms with E-state index in [9.17, 15) is 13.2 Å². The third kappa shape index (κ3) is 4.64. The molecule has 3 N–H and O–H groups in total. The van der Waals surface area contributed by atoms with Crippen LogP contribution in [0.15, 0.2) is 53.4 Å². The number of H-pyrrole nitrogens is 1. The number of sulfonamides is 1. The lowest BCUT2D eigenvalue weighted by Gasteiger charge is -2.22. The SMILES string of the molecule is CCC(C)C(NC(=O)c1ccc(S(=O)(=O)NOC)cc1)c1nc2ccccc2[nH]1. The Balaban J connectivity index is 1.83. The number of carbonyl (C=O) groups is 1. The first-order chi connectivity index (χ1) is 13.9. The topological polar surface area (TPSA) is 113 Å². The van der Waals surface area contributed by atoms with E-state index in [1.165, 1.54) is 31.4 Å². The highest BCUT2D eigenvalue weighted by Crippen LogP contribution is 2.25. The van der Waals surface area contributed by atoms with Crippen molar-refractivity contribution in [3.05, 3.63) is 59.9 Å². The normalized spacial score (nSPS) is 13.9. The molecule has 1 amide bonds. The maximum atomic E-state index is 12.8. The Morgan fingerprint density at radius 1 is 1.17 bits per heavy atom. The molecule has 1 aromatic heterocycles. The molecule has 0 aliphatic heterocycles. The first-order valence-electron chi connectivity index (χ1n) is 9.26.